The standard InChI is InChI=1S/C54H48N4O14/c1-4-28-55-48(60)43-45-51(63)72-46(36-15-9-6-10-16-36)44(35-13-7-5-8-14-35)57(45)47(37-21-25-39(26-22-37)70-30-29-59)54(43)41-31-33(12-11-17-40(49(61)68-2)50(62)69-3)20-27-42(41)56(52(54)64)53(65)71-32-34-18-23-38(24-19-34)58(66)67/h4-10,13-16,18-27,31,40,43-47,59H,1,17,28-30,32H2,2-3H3,(H,55,60)/t43-,44-,45-,46+,47+,54-/m1/s1. The normalized spacial score (nSPS) is 20.8. The smallest absolute Gasteiger partial charge is 0.421 e. The number of imide groups is 1. The number of carbonyl (C=O) groups excluding carboxylic acids is 6. The zero-order valence-electron chi connectivity index (χ0n) is 39.0. The Morgan fingerprint density at radius 1 is 0.875 bits per heavy atom. The topological polar surface area (TPSA) is 230 Å². The zero-order chi connectivity index (χ0) is 51.1. The number of aliphatic hydroxyl groups is 1. The van der Waals surface area contributed by atoms with E-state index in [1.165, 1.54) is 48.5 Å². The second kappa shape index (κ2) is 21.5. The lowest BCUT2D eigenvalue weighted by atomic mass is 9.65. The van der Waals surface area contributed by atoms with E-state index in [9.17, 15) is 29.6 Å². The molecule has 368 valence electrons. The maximum Gasteiger partial charge on any atom is 0.421 e. The summed E-state index contributed by atoms with van der Waals surface area (Å²) in [4.78, 5) is 100. The summed E-state index contributed by atoms with van der Waals surface area (Å²) in [6, 6.07) is 30.9. The highest BCUT2D eigenvalue weighted by atomic mass is 16.6. The third-order valence-corrected chi connectivity index (χ3v) is 12.9. The Bertz CT molecular complexity index is 2940. The lowest BCUT2D eigenvalue weighted by Crippen LogP contribution is -2.55. The predicted octanol–water partition coefficient (Wildman–Crippen LogP) is 5.97. The number of anilines is 1. The number of nitro groups is 1. The summed E-state index contributed by atoms with van der Waals surface area (Å²) in [6.07, 6.45) is -1.07. The first-order valence-corrected chi connectivity index (χ1v) is 22.7. The number of methoxy groups -OCH3 is 2. The molecule has 6 atom stereocenters. The molecule has 8 rings (SSSR count). The number of cyclic esters (lactones) is 1. The van der Waals surface area contributed by atoms with Gasteiger partial charge in [-0.1, -0.05) is 90.7 Å². The van der Waals surface area contributed by atoms with Crippen LogP contribution in [-0.4, -0.2) is 90.8 Å². The van der Waals surface area contributed by atoms with Crippen molar-refractivity contribution in [1.29, 1.82) is 0 Å². The van der Waals surface area contributed by atoms with Gasteiger partial charge in [0.05, 0.1) is 49.4 Å². The van der Waals surface area contributed by atoms with Crippen molar-refractivity contribution in [2.75, 3.05) is 38.9 Å². The molecular formula is C54H48N4O14. The summed E-state index contributed by atoms with van der Waals surface area (Å²) in [5, 5.41) is 23.8. The number of carbonyl (C=O) groups is 6. The number of amides is 3. The van der Waals surface area contributed by atoms with Crippen molar-refractivity contribution in [3.8, 4) is 17.6 Å². The summed E-state index contributed by atoms with van der Waals surface area (Å²) in [7, 11) is 2.24. The number of nitro benzene ring substituents is 1. The Morgan fingerprint density at radius 2 is 1.53 bits per heavy atom. The SMILES string of the molecule is C=CCNC(=O)[C@H]1[C@@H]2C(=O)O[C@@H](c3ccccc3)[C@@H](c3ccccc3)N2[C@@H](c2ccc(OCCO)cc2)[C@]12C(=O)N(C(=O)OCc1ccc([N+](=O)[O-])cc1)c1ccc(C#CCC(C(=O)OC)C(=O)OC)cc12. The summed E-state index contributed by atoms with van der Waals surface area (Å²) in [5.41, 5.74) is -0.0494. The van der Waals surface area contributed by atoms with Gasteiger partial charge >= 0.3 is 24.0 Å². The average Bonchev–Trinajstić information content (AvgIpc) is 3.86. The minimum Gasteiger partial charge on any atom is -0.491 e. The maximum atomic E-state index is 16.4. The number of aliphatic hydroxyl groups excluding tert-OH is 1. The van der Waals surface area contributed by atoms with E-state index in [4.69, 9.17) is 23.7 Å². The average molecular weight is 977 g/mol. The van der Waals surface area contributed by atoms with Gasteiger partial charge in [-0.3, -0.25) is 39.0 Å². The Labute approximate surface area is 413 Å². The molecule has 5 aromatic carbocycles. The molecule has 3 aliphatic heterocycles. The molecule has 1 spiro atoms. The van der Waals surface area contributed by atoms with Crippen LogP contribution in [0.2, 0.25) is 0 Å². The second-order valence-corrected chi connectivity index (χ2v) is 16.9. The van der Waals surface area contributed by atoms with E-state index in [0.717, 1.165) is 19.1 Å². The predicted molar refractivity (Wildman–Crippen MR) is 256 cm³/mol. The van der Waals surface area contributed by atoms with Gasteiger partial charge in [-0.25, -0.2) is 9.69 Å². The van der Waals surface area contributed by atoms with Gasteiger partial charge in [0.25, 0.3) is 5.69 Å². The van der Waals surface area contributed by atoms with Crippen molar-refractivity contribution < 1.29 is 62.5 Å². The highest BCUT2D eigenvalue weighted by Crippen LogP contribution is 2.66. The van der Waals surface area contributed by atoms with Crippen molar-refractivity contribution in [2.24, 2.45) is 11.8 Å². The van der Waals surface area contributed by atoms with Crippen LogP contribution in [0.4, 0.5) is 16.2 Å². The van der Waals surface area contributed by atoms with Crippen LogP contribution in [0.1, 0.15) is 58.0 Å². The lowest BCUT2D eigenvalue weighted by Gasteiger charge is -2.46. The molecule has 2 fully saturated rings. The van der Waals surface area contributed by atoms with Gasteiger partial charge in [-0.15, -0.1) is 6.58 Å². The number of hydrogen-bond donors (Lipinski definition) is 2. The van der Waals surface area contributed by atoms with Gasteiger partial charge in [0.1, 0.15) is 36.5 Å². The van der Waals surface area contributed by atoms with Crippen LogP contribution in [-0.2, 0) is 54.9 Å². The molecule has 72 heavy (non-hydrogen) atoms. The molecule has 2 N–H and O–H groups in total. The molecule has 0 aromatic heterocycles. The first-order valence-electron chi connectivity index (χ1n) is 22.7. The van der Waals surface area contributed by atoms with Crippen LogP contribution in [0.5, 0.6) is 5.75 Å². The summed E-state index contributed by atoms with van der Waals surface area (Å²) < 4.78 is 27.7. The number of nitrogens with zero attached hydrogens (tertiary/aromatic N) is 3. The van der Waals surface area contributed by atoms with Crippen LogP contribution >= 0.6 is 0 Å². The number of esters is 3. The number of nitrogens with one attached hydrogen (secondary N) is 1. The highest BCUT2D eigenvalue weighted by Gasteiger charge is 2.75. The molecule has 0 radical (unpaired) electrons. The quantitative estimate of drug-likeness (QED) is 0.0234. The summed E-state index contributed by atoms with van der Waals surface area (Å²) >= 11 is 0. The van der Waals surface area contributed by atoms with Crippen LogP contribution in [0.3, 0.4) is 0 Å². The Morgan fingerprint density at radius 3 is 2.14 bits per heavy atom. The molecule has 3 heterocycles. The Balaban J connectivity index is 1.40. The van der Waals surface area contributed by atoms with E-state index in [-0.39, 0.29) is 48.7 Å². The van der Waals surface area contributed by atoms with Gasteiger partial charge in [0.15, 0.2) is 5.92 Å². The Hall–Kier alpha value is -8.66. The van der Waals surface area contributed by atoms with Gasteiger partial charge in [0.2, 0.25) is 11.8 Å². The van der Waals surface area contributed by atoms with Gasteiger partial charge in [-0.05, 0) is 70.3 Å². The number of non-ortho nitro benzene ring substituents is 1. The molecule has 3 amide bonds. The maximum absolute atomic E-state index is 16.4. The third-order valence-electron chi connectivity index (χ3n) is 12.9. The molecular weight excluding hydrogens is 929 g/mol. The third kappa shape index (κ3) is 9.26. The van der Waals surface area contributed by atoms with E-state index < -0.39 is 88.8 Å². The van der Waals surface area contributed by atoms with Crippen molar-refractivity contribution in [3.05, 3.63) is 184 Å². The number of rotatable bonds is 15. The van der Waals surface area contributed by atoms with Crippen molar-refractivity contribution in [2.45, 2.75) is 42.7 Å². The summed E-state index contributed by atoms with van der Waals surface area (Å²) in [5.74, 6) is -1.17. The highest BCUT2D eigenvalue weighted by molar-refractivity contribution is 6.23. The molecule has 18 heteroatoms. The summed E-state index contributed by atoms with van der Waals surface area (Å²) in [6.45, 7) is 2.96. The van der Waals surface area contributed by atoms with Crippen LogP contribution in [0.15, 0.2) is 140 Å². The van der Waals surface area contributed by atoms with E-state index in [1.54, 1.807) is 36.4 Å². The molecule has 2 saturated heterocycles. The van der Waals surface area contributed by atoms with Crippen molar-refractivity contribution >= 4 is 47.2 Å². The molecule has 0 saturated carbocycles. The van der Waals surface area contributed by atoms with Gasteiger partial charge in [-0.2, -0.15) is 0 Å². The minimum atomic E-state index is -2.21. The number of benzene rings is 5. The first-order chi connectivity index (χ1) is 34.9. The van der Waals surface area contributed by atoms with E-state index >= 15 is 14.4 Å². The monoisotopic (exact) mass is 976 g/mol. The molecule has 3 aliphatic rings. The van der Waals surface area contributed by atoms with Crippen LogP contribution < -0.4 is 15.0 Å². The molecule has 0 unspecified atom stereocenters. The van der Waals surface area contributed by atoms with E-state index in [0.29, 0.717) is 28.0 Å². The fraction of sp³-hybridized carbons (Fsp3) is 0.259. The molecule has 0 bridgehead atoms. The number of morpholine rings is 1. The fourth-order valence-electron chi connectivity index (χ4n) is 9.88. The van der Waals surface area contributed by atoms with Crippen molar-refractivity contribution in [3.63, 3.8) is 0 Å². The number of fused-ring (bicyclic) bond motifs is 3. The van der Waals surface area contributed by atoms with Gasteiger partial charge < -0.3 is 34.1 Å². The minimum absolute atomic E-state index is 0.0141. The molecule has 18 nitrogen and oxygen atoms in total. The molecule has 5 aromatic rings. The first kappa shape index (κ1) is 49.8. The number of hydrogen-bond acceptors (Lipinski definition) is 15. The van der Waals surface area contributed by atoms with Crippen molar-refractivity contribution in [1.82, 2.24) is 10.2 Å². The van der Waals surface area contributed by atoms with Gasteiger partial charge in [0, 0.05) is 30.7 Å². The van der Waals surface area contributed by atoms with Crippen LogP contribution in [0, 0.1) is 33.8 Å². The molecule has 0 aliphatic carbocycles. The Kier molecular flexibility index (Phi) is 14.9. The van der Waals surface area contributed by atoms with E-state index in [1.807, 2.05) is 53.4 Å². The lowest BCUT2D eigenvalue weighted by molar-refractivity contribution is -0.384. The number of ether oxygens (including phenoxy) is 5. The van der Waals surface area contributed by atoms with E-state index in [2.05, 4.69) is 23.7 Å². The second-order valence-electron chi connectivity index (χ2n) is 16.9. The fourth-order valence-corrected chi connectivity index (χ4v) is 9.88. The van der Waals surface area contributed by atoms with Crippen LogP contribution in [0.25, 0.3) is 0 Å². The largest absolute Gasteiger partial charge is 0.491 e. The zero-order valence-corrected chi connectivity index (χ0v) is 39.0.